The second-order valence-corrected chi connectivity index (χ2v) is 9.59. The highest BCUT2D eigenvalue weighted by Gasteiger charge is 2.29. The highest BCUT2D eigenvalue weighted by atomic mass is 32.2. The van der Waals surface area contributed by atoms with Gasteiger partial charge in [0.1, 0.15) is 0 Å². The monoisotopic (exact) mass is 432 g/mol. The Balaban J connectivity index is 1.72. The fraction of sp³-hybridized carbons (Fsp3) is 0.476. The maximum Gasteiger partial charge on any atom is 0.243 e. The predicted octanol–water partition coefficient (Wildman–Crippen LogP) is 1.17. The number of hydrogen-bond acceptors (Lipinski definition) is 4. The molecule has 9 heteroatoms. The molecule has 0 spiro atoms. The summed E-state index contributed by atoms with van der Waals surface area (Å²) in [6, 6.07) is 11.3. The van der Waals surface area contributed by atoms with Crippen molar-refractivity contribution in [2.75, 3.05) is 47.3 Å². The van der Waals surface area contributed by atoms with Crippen molar-refractivity contribution >= 4 is 16.0 Å². The van der Waals surface area contributed by atoms with E-state index in [4.69, 9.17) is 0 Å². The van der Waals surface area contributed by atoms with Crippen LogP contribution in [-0.2, 0) is 30.2 Å². The molecule has 2 heterocycles. The lowest BCUT2D eigenvalue weighted by Crippen LogP contribution is -2.47. The van der Waals surface area contributed by atoms with Crippen LogP contribution in [0.3, 0.4) is 0 Å². The lowest BCUT2D eigenvalue weighted by atomic mass is 10.2. The molecule has 164 valence electrons. The topological polar surface area (TPSA) is 73.2 Å². The molecule has 0 amide bonds. The van der Waals surface area contributed by atoms with Crippen LogP contribution in [0.25, 0.3) is 0 Å². The van der Waals surface area contributed by atoms with Crippen LogP contribution in [0.4, 0.5) is 0 Å². The molecular weight excluding hydrogens is 400 g/mol. The van der Waals surface area contributed by atoms with E-state index in [-0.39, 0.29) is 0 Å². The molecule has 1 saturated heterocycles. The molecule has 1 aliphatic heterocycles. The van der Waals surface area contributed by atoms with Gasteiger partial charge in [-0.05, 0) is 30.8 Å². The molecule has 1 aromatic heterocycles. The predicted molar refractivity (Wildman–Crippen MR) is 120 cm³/mol. The van der Waals surface area contributed by atoms with E-state index in [1.165, 1.54) is 5.69 Å². The van der Waals surface area contributed by atoms with Gasteiger partial charge in [0.25, 0.3) is 0 Å². The molecule has 1 aromatic carbocycles. The summed E-state index contributed by atoms with van der Waals surface area (Å²) < 4.78 is 30.2. The van der Waals surface area contributed by atoms with Gasteiger partial charge in [0.2, 0.25) is 10.0 Å². The number of likely N-dealkylation sites (N-methyl/N-ethyl adjacent to an activating group) is 1. The zero-order valence-electron chi connectivity index (χ0n) is 18.2. The maximum atomic E-state index is 13.2. The standard InChI is InChI=1S/C21H32N6O2S/c1-22-21(26(4)17-19-9-7-11-25(19)3)23-16-18-8-5-6-10-20(18)30(28,29)27-14-12-24(2)13-15-27/h5-11H,12-17H2,1-4H3,(H,22,23). The fourth-order valence-electron chi connectivity index (χ4n) is 3.61. The van der Waals surface area contributed by atoms with Crippen LogP contribution in [0.2, 0.25) is 0 Å². The van der Waals surface area contributed by atoms with Crippen LogP contribution >= 0.6 is 0 Å². The maximum absolute atomic E-state index is 13.2. The Labute approximate surface area is 179 Å². The van der Waals surface area contributed by atoms with Crippen molar-refractivity contribution in [3.8, 4) is 0 Å². The van der Waals surface area contributed by atoms with Crippen molar-refractivity contribution in [3.05, 3.63) is 53.9 Å². The van der Waals surface area contributed by atoms with Gasteiger partial charge < -0.3 is 19.7 Å². The van der Waals surface area contributed by atoms with Crippen LogP contribution < -0.4 is 5.32 Å². The lowest BCUT2D eigenvalue weighted by molar-refractivity contribution is 0.222. The van der Waals surface area contributed by atoms with Crippen molar-refractivity contribution in [1.29, 1.82) is 0 Å². The first-order chi connectivity index (χ1) is 14.3. The van der Waals surface area contributed by atoms with E-state index in [1.54, 1.807) is 23.5 Å². The zero-order valence-corrected chi connectivity index (χ0v) is 19.1. The van der Waals surface area contributed by atoms with E-state index in [9.17, 15) is 8.42 Å². The molecule has 0 atom stereocenters. The summed E-state index contributed by atoms with van der Waals surface area (Å²) in [5.41, 5.74) is 1.91. The van der Waals surface area contributed by atoms with Gasteiger partial charge in [0.05, 0.1) is 11.4 Å². The largest absolute Gasteiger partial charge is 0.353 e. The molecule has 1 aliphatic rings. The Kier molecular flexibility index (Phi) is 7.17. The number of nitrogens with one attached hydrogen (secondary N) is 1. The molecule has 3 rings (SSSR count). The van der Waals surface area contributed by atoms with E-state index in [1.807, 2.05) is 50.4 Å². The number of rotatable bonds is 6. The first-order valence-corrected chi connectivity index (χ1v) is 11.6. The van der Waals surface area contributed by atoms with Crippen LogP contribution in [0.1, 0.15) is 11.3 Å². The first kappa shape index (κ1) is 22.3. The van der Waals surface area contributed by atoms with E-state index in [2.05, 4.69) is 25.8 Å². The van der Waals surface area contributed by atoms with Crippen LogP contribution in [0.5, 0.6) is 0 Å². The minimum absolute atomic E-state index is 0.364. The Morgan fingerprint density at radius 3 is 2.43 bits per heavy atom. The number of benzene rings is 1. The van der Waals surface area contributed by atoms with Gasteiger partial charge in [-0.2, -0.15) is 4.31 Å². The summed E-state index contributed by atoms with van der Waals surface area (Å²) in [4.78, 5) is 8.89. The van der Waals surface area contributed by atoms with Crippen molar-refractivity contribution in [2.24, 2.45) is 12.0 Å². The molecule has 0 radical (unpaired) electrons. The second-order valence-electron chi connectivity index (χ2n) is 7.68. The smallest absolute Gasteiger partial charge is 0.243 e. The minimum atomic E-state index is -3.53. The number of piperazine rings is 1. The number of aryl methyl sites for hydroxylation is 1. The third-order valence-electron chi connectivity index (χ3n) is 5.51. The highest BCUT2D eigenvalue weighted by Crippen LogP contribution is 2.21. The van der Waals surface area contributed by atoms with Gasteiger partial charge in [0, 0.05) is 65.8 Å². The van der Waals surface area contributed by atoms with Gasteiger partial charge >= 0.3 is 0 Å². The molecule has 1 N–H and O–H groups in total. The quantitative estimate of drug-likeness (QED) is 0.548. The lowest BCUT2D eigenvalue weighted by Gasteiger charge is -2.32. The second kappa shape index (κ2) is 9.63. The third-order valence-corrected chi connectivity index (χ3v) is 7.51. The normalized spacial score (nSPS) is 16.6. The number of aromatic nitrogens is 1. The Bertz CT molecular complexity index is 977. The third kappa shape index (κ3) is 5.03. The van der Waals surface area contributed by atoms with Gasteiger partial charge in [0.15, 0.2) is 5.96 Å². The number of hydrogen-bond donors (Lipinski definition) is 1. The van der Waals surface area contributed by atoms with Crippen LogP contribution in [0, 0.1) is 0 Å². The molecule has 0 aliphatic carbocycles. The summed E-state index contributed by atoms with van der Waals surface area (Å²) in [5.74, 6) is 0.711. The highest BCUT2D eigenvalue weighted by molar-refractivity contribution is 7.89. The molecule has 30 heavy (non-hydrogen) atoms. The van der Waals surface area contributed by atoms with E-state index in [0.717, 1.165) is 18.7 Å². The summed E-state index contributed by atoms with van der Waals surface area (Å²) in [5, 5.41) is 3.32. The minimum Gasteiger partial charge on any atom is -0.353 e. The number of nitrogens with zero attached hydrogens (tertiary/aromatic N) is 5. The van der Waals surface area contributed by atoms with Crippen LogP contribution in [-0.4, -0.2) is 80.4 Å². The Hall–Kier alpha value is -2.36. The summed E-state index contributed by atoms with van der Waals surface area (Å²) >= 11 is 0. The van der Waals surface area contributed by atoms with Gasteiger partial charge in [-0.1, -0.05) is 18.2 Å². The average Bonchev–Trinajstić information content (AvgIpc) is 3.13. The van der Waals surface area contributed by atoms with Gasteiger partial charge in [-0.25, -0.2) is 8.42 Å². The SMILES string of the molecule is CN=C(NCc1ccccc1S(=O)(=O)N1CCN(C)CC1)N(C)Cc1cccn1C. The van der Waals surface area contributed by atoms with Gasteiger partial charge in [-0.3, -0.25) is 4.99 Å². The molecule has 0 saturated carbocycles. The molecule has 2 aromatic rings. The molecule has 8 nitrogen and oxygen atoms in total. The van der Waals surface area contributed by atoms with Gasteiger partial charge in [-0.15, -0.1) is 0 Å². The van der Waals surface area contributed by atoms with Crippen molar-refractivity contribution in [3.63, 3.8) is 0 Å². The van der Waals surface area contributed by atoms with Crippen molar-refractivity contribution < 1.29 is 8.42 Å². The molecule has 0 unspecified atom stereocenters. The van der Waals surface area contributed by atoms with E-state index >= 15 is 0 Å². The van der Waals surface area contributed by atoms with Crippen LogP contribution in [0.15, 0.2) is 52.5 Å². The summed E-state index contributed by atoms with van der Waals surface area (Å²) in [6.45, 7) is 3.60. The summed E-state index contributed by atoms with van der Waals surface area (Å²) in [7, 11) is 4.20. The van der Waals surface area contributed by atoms with Crippen molar-refractivity contribution in [2.45, 2.75) is 18.0 Å². The van der Waals surface area contributed by atoms with E-state index in [0.29, 0.717) is 37.0 Å². The molecular formula is C21H32N6O2S. The van der Waals surface area contributed by atoms with E-state index < -0.39 is 10.0 Å². The number of aliphatic imine (C=N–C) groups is 1. The Morgan fingerprint density at radius 1 is 1.10 bits per heavy atom. The molecule has 0 bridgehead atoms. The summed E-state index contributed by atoms with van der Waals surface area (Å²) in [6.07, 6.45) is 2.01. The number of guanidine groups is 1. The molecule has 1 fully saturated rings. The number of sulfonamides is 1. The Morgan fingerprint density at radius 2 is 1.80 bits per heavy atom. The zero-order chi connectivity index (χ0) is 21.7. The first-order valence-electron chi connectivity index (χ1n) is 10.1. The average molecular weight is 433 g/mol. The fourth-order valence-corrected chi connectivity index (χ4v) is 5.25. The van der Waals surface area contributed by atoms with Crippen molar-refractivity contribution in [1.82, 2.24) is 24.0 Å².